The van der Waals surface area contributed by atoms with Crippen LogP contribution in [0.3, 0.4) is 0 Å². The maximum atomic E-state index is 13.3. The number of nitrogens with zero attached hydrogens (tertiary/aromatic N) is 2. The highest BCUT2D eigenvalue weighted by atomic mass is 32.2. The smallest absolute Gasteiger partial charge is 0.252 e. The summed E-state index contributed by atoms with van der Waals surface area (Å²) in [6, 6.07) is 13.4. The molecule has 0 saturated carbocycles. The molecule has 3 rings (SSSR count). The lowest BCUT2D eigenvalue weighted by Gasteiger charge is -2.36. The molecule has 0 aromatic heterocycles. The third-order valence-electron chi connectivity index (χ3n) is 5.91. The standard InChI is InChI=1S/C25H33N3O4S/c1-18(2)17-23(26-24(29)22-8-6-5-7-20(22)4)25(30)27-13-15-28(16-14-27)33(31,32)21-11-9-19(3)10-12-21/h5-12,18,23H,13-17H2,1-4H3,(H,26,29). The van der Waals surface area contributed by atoms with E-state index in [0.29, 0.717) is 25.1 Å². The van der Waals surface area contributed by atoms with E-state index >= 15 is 0 Å². The second kappa shape index (κ2) is 10.5. The molecular weight excluding hydrogens is 438 g/mol. The Morgan fingerprint density at radius 3 is 2.12 bits per heavy atom. The first-order valence-corrected chi connectivity index (χ1v) is 12.8. The van der Waals surface area contributed by atoms with Gasteiger partial charge >= 0.3 is 0 Å². The molecule has 1 atom stereocenters. The van der Waals surface area contributed by atoms with Crippen LogP contribution in [0.15, 0.2) is 53.4 Å². The molecule has 2 aromatic rings. The molecule has 1 unspecified atom stereocenters. The molecule has 1 N–H and O–H groups in total. The van der Waals surface area contributed by atoms with Crippen molar-refractivity contribution in [1.29, 1.82) is 0 Å². The normalized spacial score (nSPS) is 16.0. The molecule has 1 saturated heterocycles. The number of hydrogen-bond donors (Lipinski definition) is 1. The first kappa shape index (κ1) is 24.9. The molecule has 0 aliphatic carbocycles. The minimum absolute atomic E-state index is 0.169. The summed E-state index contributed by atoms with van der Waals surface area (Å²) < 4.78 is 27.3. The van der Waals surface area contributed by atoms with E-state index in [1.165, 1.54) is 4.31 Å². The summed E-state index contributed by atoms with van der Waals surface area (Å²) in [5.41, 5.74) is 2.39. The summed E-state index contributed by atoms with van der Waals surface area (Å²) in [7, 11) is -3.60. The van der Waals surface area contributed by atoms with E-state index < -0.39 is 16.1 Å². The van der Waals surface area contributed by atoms with Crippen LogP contribution in [0.4, 0.5) is 0 Å². The first-order valence-electron chi connectivity index (χ1n) is 11.3. The lowest BCUT2D eigenvalue weighted by Crippen LogP contribution is -2.56. The Kier molecular flexibility index (Phi) is 7.92. The highest BCUT2D eigenvalue weighted by Gasteiger charge is 2.33. The maximum Gasteiger partial charge on any atom is 0.252 e. The van der Waals surface area contributed by atoms with E-state index in [4.69, 9.17) is 0 Å². The number of carbonyl (C=O) groups is 2. The zero-order valence-electron chi connectivity index (χ0n) is 19.7. The van der Waals surface area contributed by atoms with Crippen LogP contribution in [0.1, 0.15) is 41.8 Å². The monoisotopic (exact) mass is 471 g/mol. The topological polar surface area (TPSA) is 86.8 Å². The second-order valence-corrected chi connectivity index (χ2v) is 11.0. The Balaban J connectivity index is 1.68. The number of aryl methyl sites for hydroxylation is 2. The highest BCUT2D eigenvalue weighted by Crippen LogP contribution is 2.19. The van der Waals surface area contributed by atoms with Crippen molar-refractivity contribution in [2.45, 2.75) is 45.1 Å². The van der Waals surface area contributed by atoms with Crippen molar-refractivity contribution in [3.05, 3.63) is 65.2 Å². The van der Waals surface area contributed by atoms with Crippen molar-refractivity contribution in [3.8, 4) is 0 Å². The van der Waals surface area contributed by atoms with Gasteiger partial charge in [-0.15, -0.1) is 0 Å². The number of piperazine rings is 1. The zero-order valence-corrected chi connectivity index (χ0v) is 20.6. The second-order valence-electron chi connectivity index (χ2n) is 9.01. The van der Waals surface area contributed by atoms with Crippen molar-refractivity contribution >= 4 is 21.8 Å². The van der Waals surface area contributed by atoms with Crippen LogP contribution in [0.2, 0.25) is 0 Å². The molecule has 178 valence electrons. The highest BCUT2D eigenvalue weighted by molar-refractivity contribution is 7.89. The molecule has 1 aliphatic rings. The van der Waals surface area contributed by atoms with Gasteiger partial charge in [-0.3, -0.25) is 9.59 Å². The zero-order chi connectivity index (χ0) is 24.2. The van der Waals surface area contributed by atoms with Crippen LogP contribution in [-0.4, -0.2) is 61.7 Å². The van der Waals surface area contributed by atoms with Crippen LogP contribution < -0.4 is 5.32 Å². The van der Waals surface area contributed by atoms with Gasteiger partial charge in [-0.2, -0.15) is 4.31 Å². The summed E-state index contributed by atoms with van der Waals surface area (Å²) in [5, 5.41) is 2.91. The average Bonchev–Trinajstić information content (AvgIpc) is 2.78. The van der Waals surface area contributed by atoms with E-state index in [1.54, 1.807) is 41.3 Å². The molecule has 1 fully saturated rings. The minimum Gasteiger partial charge on any atom is -0.340 e. The van der Waals surface area contributed by atoms with Gasteiger partial charge < -0.3 is 10.2 Å². The quantitative estimate of drug-likeness (QED) is 0.673. The van der Waals surface area contributed by atoms with Gasteiger partial charge in [-0.05, 0) is 49.9 Å². The fourth-order valence-electron chi connectivity index (χ4n) is 3.99. The Bertz CT molecular complexity index is 1090. The first-order chi connectivity index (χ1) is 15.6. The number of rotatable bonds is 7. The predicted octanol–water partition coefficient (Wildman–Crippen LogP) is 2.98. The van der Waals surface area contributed by atoms with E-state index in [0.717, 1.165) is 11.1 Å². The Labute approximate surface area is 196 Å². The fourth-order valence-corrected chi connectivity index (χ4v) is 5.41. The maximum absolute atomic E-state index is 13.3. The van der Waals surface area contributed by atoms with E-state index in [2.05, 4.69) is 5.32 Å². The van der Waals surface area contributed by atoms with Crippen LogP contribution >= 0.6 is 0 Å². The third kappa shape index (κ3) is 6.00. The molecule has 1 heterocycles. The average molecular weight is 472 g/mol. The Morgan fingerprint density at radius 2 is 1.55 bits per heavy atom. The summed E-state index contributed by atoms with van der Waals surface area (Å²) in [6.45, 7) is 8.81. The number of amides is 2. The fraction of sp³-hybridized carbons (Fsp3) is 0.440. The van der Waals surface area contributed by atoms with Crippen LogP contribution in [0.5, 0.6) is 0 Å². The summed E-state index contributed by atoms with van der Waals surface area (Å²) >= 11 is 0. The number of sulfonamides is 1. The SMILES string of the molecule is Cc1ccc(S(=O)(=O)N2CCN(C(=O)C(CC(C)C)NC(=O)c3ccccc3C)CC2)cc1. The number of carbonyl (C=O) groups excluding carboxylic acids is 2. The van der Waals surface area contributed by atoms with Crippen molar-refractivity contribution in [3.63, 3.8) is 0 Å². The minimum atomic E-state index is -3.60. The molecule has 1 aliphatic heterocycles. The molecule has 33 heavy (non-hydrogen) atoms. The van der Waals surface area contributed by atoms with Crippen molar-refractivity contribution in [2.24, 2.45) is 5.92 Å². The lowest BCUT2D eigenvalue weighted by molar-refractivity contribution is -0.134. The molecule has 2 amide bonds. The van der Waals surface area contributed by atoms with Crippen LogP contribution in [-0.2, 0) is 14.8 Å². The predicted molar refractivity (Wildman–Crippen MR) is 128 cm³/mol. The summed E-state index contributed by atoms with van der Waals surface area (Å²) in [4.78, 5) is 28.1. The Hall–Kier alpha value is -2.71. The summed E-state index contributed by atoms with van der Waals surface area (Å²) in [5.74, 6) is -0.231. The molecule has 0 radical (unpaired) electrons. The van der Waals surface area contributed by atoms with Gasteiger partial charge in [0.05, 0.1) is 4.90 Å². The molecule has 8 heteroatoms. The number of hydrogen-bond acceptors (Lipinski definition) is 4. The van der Waals surface area contributed by atoms with Crippen LogP contribution in [0.25, 0.3) is 0 Å². The van der Waals surface area contributed by atoms with E-state index in [9.17, 15) is 18.0 Å². The molecule has 0 spiro atoms. The molecular formula is C25H33N3O4S. The van der Waals surface area contributed by atoms with E-state index in [-0.39, 0.29) is 35.7 Å². The van der Waals surface area contributed by atoms with Gasteiger partial charge in [0.25, 0.3) is 5.91 Å². The summed E-state index contributed by atoms with van der Waals surface area (Å²) in [6.07, 6.45) is 0.512. The van der Waals surface area contributed by atoms with Crippen molar-refractivity contribution in [1.82, 2.24) is 14.5 Å². The molecule has 7 nitrogen and oxygen atoms in total. The number of nitrogens with one attached hydrogen (secondary N) is 1. The van der Waals surface area contributed by atoms with Gasteiger partial charge in [0.1, 0.15) is 6.04 Å². The van der Waals surface area contributed by atoms with Crippen LogP contribution in [0, 0.1) is 19.8 Å². The Morgan fingerprint density at radius 1 is 0.939 bits per heavy atom. The molecule has 0 bridgehead atoms. The van der Waals surface area contributed by atoms with Crippen molar-refractivity contribution < 1.29 is 18.0 Å². The third-order valence-corrected chi connectivity index (χ3v) is 7.82. The van der Waals surface area contributed by atoms with Gasteiger partial charge in [-0.25, -0.2) is 8.42 Å². The van der Waals surface area contributed by atoms with E-state index in [1.807, 2.05) is 39.8 Å². The lowest BCUT2D eigenvalue weighted by atomic mass is 10.0. The molecule has 2 aromatic carbocycles. The largest absolute Gasteiger partial charge is 0.340 e. The van der Waals surface area contributed by atoms with Gasteiger partial charge in [0.15, 0.2) is 0 Å². The van der Waals surface area contributed by atoms with Gasteiger partial charge in [0.2, 0.25) is 15.9 Å². The van der Waals surface area contributed by atoms with Crippen molar-refractivity contribution in [2.75, 3.05) is 26.2 Å². The number of benzene rings is 2. The van der Waals surface area contributed by atoms with Gasteiger partial charge in [0, 0.05) is 31.7 Å². The van der Waals surface area contributed by atoms with Gasteiger partial charge in [-0.1, -0.05) is 49.7 Å².